The van der Waals surface area contributed by atoms with Gasteiger partial charge in [-0.3, -0.25) is 9.89 Å². The van der Waals surface area contributed by atoms with Crippen LogP contribution < -0.4 is 14.8 Å². The van der Waals surface area contributed by atoms with Crippen LogP contribution in [0.2, 0.25) is 0 Å². The van der Waals surface area contributed by atoms with E-state index in [-0.39, 0.29) is 23.3 Å². The third-order valence-corrected chi connectivity index (χ3v) is 5.14. The number of halogens is 3. The Bertz CT molecular complexity index is 948. The highest BCUT2D eigenvalue weighted by Gasteiger charge is 2.31. The number of ether oxygens (including phenoxy) is 1. The van der Waals surface area contributed by atoms with Gasteiger partial charge in [0, 0.05) is 30.1 Å². The Balaban J connectivity index is 1.87. The third-order valence-electron chi connectivity index (χ3n) is 3.67. The molecule has 1 aromatic carbocycles. The first-order valence-electron chi connectivity index (χ1n) is 8.47. The Morgan fingerprint density at radius 3 is 2.31 bits per heavy atom. The summed E-state index contributed by atoms with van der Waals surface area (Å²) in [6.07, 6.45) is -5.03. The number of nitrogens with one attached hydrogen (secondary N) is 3. The number of carbonyl (C=O) groups excluding carboxylic acids is 1. The summed E-state index contributed by atoms with van der Waals surface area (Å²) < 4.78 is 66.6. The zero-order valence-electron chi connectivity index (χ0n) is 15.9. The average Bonchev–Trinajstić information content (AvgIpc) is 3.02. The standard InChI is InChI=1S/C17H21F3N4O4S/c1-16(2,3)13-10-14(24-23-13)22-15(25)8-9-21-29(26,27)12-6-4-11(5-7-12)28-17(18,19)20/h4-7,10,21H,8-9H2,1-3H3,(H2,22,23,24,25). The van der Waals surface area contributed by atoms with Crippen LogP contribution in [0.25, 0.3) is 0 Å². The van der Waals surface area contributed by atoms with E-state index in [2.05, 4.69) is 25.0 Å². The quantitative estimate of drug-likeness (QED) is 0.620. The molecule has 0 radical (unpaired) electrons. The lowest BCUT2D eigenvalue weighted by atomic mass is 9.92. The second kappa shape index (κ2) is 8.41. The molecule has 0 spiro atoms. The van der Waals surface area contributed by atoms with Crippen molar-refractivity contribution in [3.05, 3.63) is 36.0 Å². The van der Waals surface area contributed by atoms with Crippen LogP contribution in [-0.2, 0) is 20.2 Å². The number of rotatable bonds is 7. The van der Waals surface area contributed by atoms with E-state index in [0.29, 0.717) is 5.82 Å². The number of sulfonamides is 1. The summed E-state index contributed by atoms with van der Waals surface area (Å²) >= 11 is 0. The highest BCUT2D eigenvalue weighted by atomic mass is 32.2. The van der Waals surface area contributed by atoms with Gasteiger partial charge in [0.1, 0.15) is 5.75 Å². The molecule has 8 nitrogen and oxygen atoms in total. The zero-order valence-corrected chi connectivity index (χ0v) is 16.7. The van der Waals surface area contributed by atoms with Gasteiger partial charge in [-0.1, -0.05) is 20.8 Å². The molecule has 0 saturated heterocycles. The lowest BCUT2D eigenvalue weighted by molar-refractivity contribution is -0.274. The van der Waals surface area contributed by atoms with Gasteiger partial charge < -0.3 is 10.1 Å². The van der Waals surface area contributed by atoms with E-state index < -0.39 is 28.0 Å². The molecule has 1 amide bonds. The van der Waals surface area contributed by atoms with Crippen LogP contribution in [0, 0.1) is 0 Å². The predicted octanol–water partition coefficient (Wildman–Crippen LogP) is 2.91. The summed E-state index contributed by atoms with van der Waals surface area (Å²) in [5, 5.41) is 9.34. The molecule has 0 saturated carbocycles. The van der Waals surface area contributed by atoms with Gasteiger partial charge in [0.25, 0.3) is 0 Å². The minimum absolute atomic E-state index is 0.161. The largest absolute Gasteiger partial charge is 0.573 e. The summed E-state index contributed by atoms with van der Waals surface area (Å²) in [6, 6.07) is 5.41. The number of nitrogens with zero attached hydrogens (tertiary/aromatic N) is 1. The third kappa shape index (κ3) is 7.06. The van der Waals surface area contributed by atoms with E-state index in [1.807, 2.05) is 20.8 Å². The van der Waals surface area contributed by atoms with Crippen LogP contribution in [-0.4, -0.2) is 37.4 Å². The lowest BCUT2D eigenvalue weighted by Crippen LogP contribution is -2.28. The first kappa shape index (κ1) is 22.7. The van der Waals surface area contributed by atoms with Gasteiger partial charge in [0.2, 0.25) is 15.9 Å². The topological polar surface area (TPSA) is 113 Å². The van der Waals surface area contributed by atoms with Crippen molar-refractivity contribution < 1.29 is 31.1 Å². The Hall–Kier alpha value is -2.60. The number of H-pyrrole nitrogens is 1. The maximum Gasteiger partial charge on any atom is 0.573 e. The highest BCUT2D eigenvalue weighted by molar-refractivity contribution is 7.89. The predicted molar refractivity (Wildman–Crippen MR) is 98.8 cm³/mol. The van der Waals surface area contributed by atoms with Gasteiger partial charge in [0.15, 0.2) is 5.82 Å². The van der Waals surface area contributed by atoms with E-state index in [4.69, 9.17) is 0 Å². The van der Waals surface area contributed by atoms with Gasteiger partial charge in [0.05, 0.1) is 4.90 Å². The number of anilines is 1. The number of hydrogen-bond acceptors (Lipinski definition) is 5. The van der Waals surface area contributed by atoms with E-state index in [9.17, 15) is 26.4 Å². The maximum absolute atomic E-state index is 12.2. The lowest BCUT2D eigenvalue weighted by Gasteiger charge is -2.14. The summed E-state index contributed by atoms with van der Waals surface area (Å²) in [4.78, 5) is 11.7. The molecule has 0 aliphatic rings. The van der Waals surface area contributed by atoms with Crippen molar-refractivity contribution in [1.82, 2.24) is 14.9 Å². The molecule has 12 heteroatoms. The Labute approximate surface area is 165 Å². The Morgan fingerprint density at radius 1 is 1.17 bits per heavy atom. The first-order valence-corrected chi connectivity index (χ1v) is 9.96. The molecule has 0 bridgehead atoms. The molecule has 0 atom stereocenters. The first-order chi connectivity index (χ1) is 13.3. The van der Waals surface area contributed by atoms with Crippen molar-refractivity contribution in [2.24, 2.45) is 0 Å². The fourth-order valence-corrected chi connectivity index (χ4v) is 3.21. The van der Waals surface area contributed by atoms with E-state index >= 15 is 0 Å². The summed E-state index contributed by atoms with van der Waals surface area (Å²) in [5.74, 6) is -0.666. The number of alkyl halides is 3. The molecule has 1 aromatic heterocycles. The van der Waals surface area contributed by atoms with Gasteiger partial charge in [-0.2, -0.15) is 5.10 Å². The number of carbonyl (C=O) groups is 1. The van der Waals surface area contributed by atoms with Gasteiger partial charge >= 0.3 is 6.36 Å². The smallest absolute Gasteiger partial charge is 0.406 e. The van der Waals surface area contributed by atoms with Crippen LogP contribution in [0.5, 0.6) is 5.75 Å². The van der Waals surface area contributed by atoms with Crippen LogP contribution in [0.3, 0.4) is 0 Å². The Morgan fingerprint density at radius 2 is 1.79 bits per heavy atom. The van der Waals surface area contributed by atoms with E-state index in [1.165, 1.54) is 0 Å². The summed E-state index contributed by atoms with van der Waals surface area (Å²) in [6.45, 7) is 5.72. The van der Waals surface area contributed by atoms with Crippen LogP contribution in [0.1, 0.15) is 32.9 Å². The minimum Gasteiger partial charge on any atom is -0.406 e. The molecule has 29 heavy (non-hydrogen) atoms. The number of amides is 1. The van der Waals surface area contributed by atoms with Crippen LogP contribution in [0.4, 0.5) is 19.0 Å². The fraction of sp³-hybridized carbons (Fsp3) is 0.412. The molecule has 0 fully saturated rings. The molecule has 3 N–H and O–H groups in total. The van der Waals surface area contributed by atoms with Crippen molar-refractivity contribution >= 4 is 21.7 Å². The molecule has 0 unspecified atom stereocenters. The highest BCUT2D eigenvalue weighted by Crippen LogP contribution is 2.24. The second-order valence-corrected chi connectivity index (χ2v) is 8.90. The van der Waals surface area contributed by atoms with Gasteiger partial charge in [-0.05, 0) is 24.3 Å². The number of aromatic amines is 1. The Kier molecular flexibility index (Phi) is 6.58. The summed E-state index contributed by atoms with van der Waals surface area (Å²) in [5.41, 5.74) is 0.651. The molecule has 160 valence electrons. The molecule has 2 rings (SSSR count). The van der Waals surface area contributed by atoms with Crippen molar-refractivity contribution in [2.75, 3.05) is 11.9 Å². The van der Waals surface area contributed by atoms with Crippen molar-refractivity contribution in [1.29, 1.82) is 0 Å². The molecule has 2 aromatic rings. The minimum atomic E-state index is -4.87. The van der Waals surface area contributed by atoms with Crippen LogP contribution in [0.15, 0.2) is 35.2 Å². The fourth-order valence-electron chi connectivity index (χ4n) is 2.18. The monoisotopic (exact) mass is 434 g/mol. The van der Waals surface area contributed by atoms with Crippen molar-refractivity contribution in [2.45, 2.75) is 43.9 Å². The molecule has 1 heterocycles. The number of aromatic nitrogens is 2. The summed E-state index contributed by atoms with van der Waals surface area (Å²) in [7, 11) is -3.99. The molecular weight excluding hydrogens is 413 g/mol. The van der Waals surface area contributed by atoms with Crippen LogP contribution >= 0.6 is 0 Å². The van der Waals surface area contributed by atoms with Gasteiger partial charge in [-0.15, -0.1) is 13.2 Å². The van der Waals surface area contributed by atoms with Crippen molar-refractivity contribution in [3.63, 3.8) is 0 Å². The molecule has 0 aliphatic carbocycles. The number of benzene rings is 1. The SMILES string of the molecule is CC(C)(C)c1cc(NC(=O)CCNS(=O)(=O)c2ccc(OC(F)(F)F)cc2)n[nH]1. The average molecular weight is 434 g/mol. The second-order valence-electron chi connectivity index (χ2n) is 7.13. The number of hydrogen-bond donors (Lipinski definition) is 3. The molecular formula is C17H21F3N4O4S. The van der Waals surface area contributed by atoms with Crippen molar-refractivity contribution in [3.8, 4) is 5.75 Å². The molecule has 0 aliphatic heterocycles. The van der Waals surface area contributed by atoms with Gasteiger partial charge in [-0.25, -0.2) is 13.1 Å². The van der Waals surface area contributed by atoms with E-state index in [1.54, 1.807) is 6.07 Å². The zero-order chi connectivity index (χ0) is 21.9. The normalized spacial score (nSPS) is 12.6. The maximum atomic E-state index is 12.2. The van der Waals surface area contributed by atoms with E-state index in [0.717, 1.165) is 30.0 Å².